The Morgan fingerprint density at radius 2 is 2.00 bits per heavy atom. The lowest BCUT2D eigenvalue weighted by atomic mass is 10.2. The average Bonchev–Trinajstić information content (AvgIpc) is 2.41. The van der Waals surface area contributed by atoms with Gasteiger partial charge < -0.3 is 0 Å². The predicted octanol–water partition coefficient (Wildman–Crippen LogP) is 1.40. The SMILES string of the molecule is N#Cc1ccc(S(=O)(=O)NC2CCS(=O)CC2)cc1Cl. The third-order valence-corrected chi connectivity index (χ3v) is 6.29. The minimum Gasteiger partial charge on any atom is -0.260 e. The quantitative estimate of drug-likeness (QED) is 0.906. The maximum Gasteiger partial charge on any atom is 0.240 e. The van der Waals surface area contributed by atoms with Gasteiger partial charge in [0.1, 0.15) is 6.07 Å². The lowest BCUT2D eigenvalue weighted by molar-refractivity contribution is 0.522. The number of rotatable bonds is 3. The number of hydrogen-bond acceptors (Lipinski definition) is 4. The molecule has 0 bridgehead atoms. The van der Waals surface area contributed by atoms with Crippen LogP contribution >= 0.6 is 11.6 Å². The van der Waals surface area contributed by atoms with Crippen LogP contribution < -0.4 is 4.72 Å². The molecule has 5 nitrogen and oxygen atoms in total. The predicted molar refractivity (Wildman–Crippen MR) is 77.4 cm³/mol. The fourth-order valence-electron chi connectivity index (χ4n) is 1.95. The maximum atomic E-state index is 12.2. The lowest BCUT2D eigenvalue weighted by Gasteiger charge is -2.22. The van der Waals surface area contributed by atoms with Crippen molar-refractivity contribution < 1.29 is 12.6 Å². The summed E-state index contributed by atoms with van der Waals surface area (Å²) < 4.78 is 38.2. The van der Waals surface area contributed by atoms with Crippen molar-refractivity contribution >= 4 is 32.4 Å². The number of nitrogens with one attached hydrogen (secondary N) is 1. The van der Waals surface area contributed by atoms with Gasteiger partial charge in [0.15, 0.2) is 0 Å². The molecular weight excluding hydrogens is 320 g/mol. The highest BCUT2D eigenvalue weighted by molar-refractivity contribution is 7.89. The van der Waals surface area contributed by atoms with E-state index in [4.69, 9.17) is 16.9 Å². The van der Waals surface area contributed by atoms with Crippen LogP contribution in [-0.4, -0.2) is 30.2 Å². The molecule has 0 aromatic heterocycles. The fraction of sp³-hybridized carbons (Fsp3) is 0.417. The van der Waals surface area contributed by atoms with E-state index >= 15 is 0 Å². The van der Waals surface area contributed by atoms with Gasteiger partial charge in [-0.2, -0.15) is 5.26 Å². The molecule has 2 rings (SSSR count). The fourth-order valence-corrected chi connectivity index (χ4v) is 4.87. The zero-order valence-corrected chi connectivity index (χ0v) is 12.9. The van der Waals surface area contributed by atoms with Gasteiger partial charge in [0, 0.05) is 28.3 Å². The number of benzene rings is 1. The van der Waals surface area contributed by atoms with E-state index in [-0.39, 0.29) is 21.5 Å². The molecule has 20 heavy (non-hydrogen) atoms. The zero-order valence-electron chi connectivity index (χ0n) is 10.5. The summed E-state index contributed by atoms with van der Waals surface area (Å²) in [6.45, 7) is 0. The minimum absolute atomic E-state index is 0.0354. The number of nitrogens with zero attached hydrogens (tertiary/aromatic N) is 1. The summed E-state index contributed by atoms with van der Waals surface area (Å²) in [5.41, 5.74) is 0.235. The van der Waals surface area contributed by atoms with Gasteiger partial charge in [-0.15, -0.1) is 0 Å². The summed E-state index contributed by atoms with van der Waals surface area (Å²) in [6.07, 6.45) is 1.13. The molecule has 1 aliphatic rings. The third-order valence-electron chi connectivity index (χ3n) is 3.08. The number of halogens is 1. The molecule has 0 atom stereocenters. The van der Waals surface area contributed by atoms with Crippen LogP contribution in [0.15, 0.2) is 23.1 Å². The molecule has 108 valence electrons. The minimum atomic E-state index is -3.67. The second-order valence-corrected chi connectivity index (χ2v) is 8.31. The highest BCUT2D eigenvalue weighted by Crippen LogP contribution is 2.21. The van der Waals surface area contributed by atoms with Crippen molar-refractivity contribution in [1.29, 1.82) is 5.26 Å². The van der Waals surface area contributed by atoms with Gasteiger partial charge in [0.25, 0.3) is 0 Å². The van der Waals surface area contributed by atoms with E-state index in [1.165, 1.54) is 18.2 Å². The van der Waals surface area contributed by atoms with Crippen molar-refractivity contribution in [2.24, 2.45) is 0 Å². The van der Waals surface area contributed by atoms with E-state index in [9.17, 15) is 12.6 Å². The van der Waals surface area contributed by atoms with E-state index in [1.54, 1.807) is 0 Å². The first-order valence-electron chi connectivity index (χ1n) is 5.99. The van der Waals surface area contributed by atoms with Crippen LogP contribution in [0.3, 0.4) is 0 Å². The lowest BCUT2D eigenvalue weighted by Crippen LogP contribution is -2.39. The van der Waals surface area contributed by atoms with Crippen LogP contribution in [-0.2, 0) is 20.8 Å². The Morgan fingerprint density at radius 3 is 2.55 bits per heavy atom. The first-order chi connectivity index (χ1) is 9.42. The van der Waals surface area contributed by atoms with Crippen LogP contribution in [0, 0.1) is 11.3 Å². The maximum absolute atomic E-state index is 12.2. The van der Waals surface area contributed by atoms with Crippen molar-refractivity contribution in [3.63, 3.8) is 0 Å². The molecular formula is C12H13ClN2O3S2. The second kappa shape index (κ2) is 6.22. The molecule has 1 heterocycles. The number of sulfonamides is 1. The second-order valence-electron chi connectivity index (χ2n) is 4.50. The van der Waals surface area contributed by atoms with E-state index < -0.39 is 20.8 Å². The molecule has 1 aliphatic heterocycles. The molecule has 0 amide bonds. The van der Waals surface area contributed by atoms with Gasteiger partial charge in [0.2, 0.25) is 10.0 Å². The largest absolute Gasteiger partial charge is 0.260 e. The molecule has 8 heteroatoms. The third kappa shape index (κ3) is 3.58. The Kier molecular flexibility index (Phi) is 4.81. The van der Waals surface area contributed by atoms with Gasteiger partial charge >= 0.3 is 0 Å². The molecule has 1 saturated heterocycles. The Labute approximate surface area is 125 Å². The molecule has 0 aliphatic carbocycles. The molecule has 0 saturated carbocycles. The summed E-state index contributed by atoms with van der Waals surface area (Å²) in [7, 11) is -4.50. The zero-order chi connectivity index (χ0) is 14.8. The molecule has 0 radical (unpaired) electrons. The van der Waals surface area contributed by atoms with E-state index in [2.05, 4.69) is 4.72 Å². The average molecular weight is 333 g/mol. The highest BCUT2D eigenvalue weighted by Gasteiger charge is 2.24. The summed E-state index contributed by atoms with van der Waals surface area (Å²) in [4.78, 5) is 0.0354. The monoisotopic (exact) mass is 332 g/mol. The molecule has 0 unspecified atom stereocenters. The molecule has 1 N–H and O–H groups in total. The van der Waals surface area contributed by atoms with Gasteiger partial charge in [-0.1, -0.05) is 11.6 Å². The normalized spacial score (nSPS) is 23.2. The number of hydrogen-bond donors (Lipinski definition) is 1. The van der Waals surface area contributed by atoms with Crippen LogP contribution in [0.25, 0.3) is 0 Å². The van der Waals surface area contributed by atoms with Crippen molar-refractivity contribution in [2.75, 3.05) is 11.5 Å². The standard InChI is InChI=1S/C12H13ClN2O3S2/c13-12-7-11(2-1-9(12)8-14)20(17,18)15-10-3-5-19(16)6-4-10/h1-2,7,10,15H,3-6H2. The highest BCUT2D eigenvalue weighted by atomic mass is 35.5. The summed E-state index contributed by atoms with van der Waals surface area (Å²) >= 11 is 5.84. The van der Waals surface area contributed by atoms with Gasteiger partial charge in [-0.25, -0.2) is 13.1 Å². The summed E-state index contributed by atoms with van der Waals surface area (Å²) in [5.74, 6) is 1.03. The Hall–Kier alpha value is -0.940. The molecule has 1 aromatic carbocycles. The summed E-state index contributed by atoms with van der Waals surface area (Å²) in [6, 6.07) is 5.68. The van der Waals surface area contributed by atoms with Gasteiger partial charge in [-0.3, -0.25) is 4.21 Å². The summed E-state index contributed by atoms with van der Waals surface area (Å²) in [5, 5.41) is 8.88. The topological polar surface area (TPSA) is 87.0 Å². The van der Waals surface area contributed by atoms with E-state index in [1.807, 2.05) is 6.07 Å². The van der Waals surface area contributed by atoms with Gasteiger partial charge in [0.05, 0.1) is 15.5 Å². The van der Waals surface area contributed by atoms with E-state index in [0.717, 1.165) is 0 Å². The Bertz CT molecular complexity index is 672. The van der Waals surface area contributed by atoms with Crippen molar-refractivity contribution in [1.82, 2.24) is 4.72 Å². The van der Waals surface area contributed by atoms with Crippen LogP contribution in [0.2, 0.25) is 5.02 Å². The Balaban J connectivity index is 2.16. The molecule has 0 spiro atoms. The van der Waals surface area contributed by atoms with Crippen LogP contribution in [0.5, 0.6) is 0 Å². The number of nitriles is 1. The molecule has 1 fully saturated rings. The van der Waals surface area contributed by atoms with Crippen LogP contribution in [0.1, 0.15) is 18.4 Å². The van der Waals surface area contributed by atoms with Crippen molar-refractivity contribution in [2.45, 2.75) is 23.8 Å². The first-order valence-corrected chi connectivity index (χ1v) is 9.34. The Morgan fingerprint density at radius 1 is 1.35 bits per heavy atom. The van der Waals surface area contributed by atoms with Crippen molar-refractivity contribution in [3.8, 4) is 6.07 Å². The van der Waals surface area contributed by atoms with Crippen LogP contribution in [0.4, 0.5) is 0 Å². The molecule has 1 aromatic rings. The van der Waals surface area contributed by atoms with Gasteiger partial charge in [-0.05, 0) is 31.0 Å². The first kappa shape index (κ1) is 15.4. The smallest absolute Gasteiger partial charge is 0.240 e. The van der Waals surface area contributed by atoms with E-state index in [0.29, 0.717) is 24.3 Å². The van der Waals surface area contributed by atoms with Crippen molar-refractivity contribution in [3.05, 3.63) is 28.8 Å².